The lowest BCUT2D eigenvalue weighted by Crippen LogP contribution is -2.36. The minimum absolute atomic E-state index is 0.0484. The van der Waals surface area contributed by atoms with Crippen molar-refractivity contribution in [2.75, 3.05) is 25.0 Å². The van der Waals surface area contributed by atoms with Crippen LogP contribution in [0.15, 0.2) is 24.3 Å². The van der Waals surface area contributed by atoms with Gasteiger partial charge in [0.2, 0.25) is 5.91 Å². The van der Waals surface area contributed by atoms with Gasteiger partial charge >= 0.3 is 0 Å². The van der Waals surface area contributed by atoms with Gasteiger partial charge in [0.05, 0.1) is 12.0 Å². The Balaban J connectivity index is 1.83. The van der Waals surface area contributed by atoms with Crippen LogP contribution in [0.25, 0.3) is 0 Å². The van der Waals surface area contributed by atoms with Crippen LogP contribution < -0.4 is 5.32 Å². The van der Waals surface area contributed by atoms with E-state index in [1.807, 2.05) is 24.3 Å². The van der Waals surface area contributed by atoms with Crippen LogP contribution in [0.1, 0.15) is 24.3 Å². The molecule has 0 saturated carbocycles. The zero-order valence-electron chi connectivity index (χ0n) is 10.3. The second kappa shape index (κ2) is 4.61. The third kappa shape index (κ3) is 1.97. The van der Waals surface area contributed by atoms with Crippen LogP contribution in [0.4, 0.5) is 5.69 Å². The number of likely N-dealkylation sites (tertiary alicyclic amines) is 1. The minimum atomic E-state index is -0.342. The Morgan fingerprint density at radius 3 is 2.94 bits per heavy atom. The fraction of sp³-hybridized carbons (Fsp3) is 0.500. The summed E-state index contributed by atoms with van der Waals surface area (Å²) in [6.45, 7) is 2.01. The summed E-state index contributed by atoms with van der Waals surface area (Å²) >= 11 is 0. The summed E-state index contributed by atoms with van der Waals surface area (Å²) in [6, 6.07) is 8.01. The molecule has 0 aromatic heterocycles. The number of fused-ring (bicyclic) bond motifs is 1. The SMILES string of the molecule is O=C(C1CCNc2ccccc21)N1CC[C@H](O)C1. The zero-order chi connectivity index (χ0) is 12.5. The standard InChI is InChI=1S/C14H18N2O2/c17-10-6-8-16(9-10)14(18)12-5-7-15-13-4-2-1-3-11(12)13/h1-4,10,12,15,17H,5-9H2/t10-,12?/m0/s1. The Hall–Kier alpha value is -1.55. The number of carbonyl (C=O) groups excluding carboxylic acids is 1. The maximum absolute atomic E-state index is 12.5. The normalized spacial score (nSPS) is 26.6. The number of benzene rings is 1. The number of amides is 1. The Morgan fingerprint density at radius 2 is 2.17 bits per heavy atom. The molecular weight excluding hydrogens is 228 g/mol. The predicted octanol–water partition coefficient (Wildman–Crippen LogP) is 1.18. The molecule has 1 amide bonds. The summed E-state index contributed by atoms with van der Waals surface area (Å²) in [5.41, 5.74) is 2.16. The van der Waals surface area contributed by atoms with E-state index in [4.69, 9.17) is 0 Å². The second-order valence-corrected chi connectivity index (χ2v) is 5.08. The number of anilines is 1. The van der Waals surface area contributed by atoms with Crippen molar-refractivity contribution >= 4 is 11.6 Å². The van der Waals surface area contributed by atoms with Crippen molar-refractivity contribution in [3.05, 3.63) is 29.8 Å². The first-order valence-corrected chi connectivity index (χ1v) is 6.55. The molecule has 1 saturated heterocycles. The van der Waals surface area contributed by atoms with Gasteiger partial charge in [0.25, 0.3) is 0 Å². The zero-order valence-corrected chi connectivity index (χ0v) is 10.3. The van der Waals surface area contributed by atoms with Gasteiger partial charge < -0.3 is 15.3 Å². The van der Waals surface area contributed by atoms with Crippen LogP contribution in [-0.4, -0.2) is 41.7 Å². The van der Waals surface area contributed by atoms with Crippen molar-refractivity contribution < 1.29 is 9.90 Å². The van der Waals surface area contributed by atoms with E-state index in [2.05, 4.69) is 5.32 Å². The van der Waals surface area contributed by atoms with E-state index in [0.29, 0.717) is 19.5 Å². The van der Waals surface area contributed by atoms with Crippen molar-refractivity contribution in [1.29, 1.82) is 0 Å². The highest BCUT2D eigenvalue weighted by atomic mass is 16.3. The van der Waals surface area contributed by atoms with Gasteiger partial charge in [-0.05, 0) is 24.5 Å². The number of β-amino-alcohol motifs (C(OH)–C–C–N with tert-alkyl or cyclic N) is 1. The molecule has 4 heteroatoms. The lowest BCUT2D eigenvalue weighted by Gasteiger charge is -2.29. The maximum atomic E-state index is 12.5. The number of rotatable bonds is 1. The number of aliphatic hydroxyl groups is 1. The Morgan fingerprint density at radius 1 is 1.33 bits per heavy atom. The number of aliphatic hydroxyl groups excluding tert-OH is 1. The van der Waals surface area contributed by atoms with Gasteiger partial charge in [0.1, 0.15) is 0 Å². The fourth-order valence-corrected chi connectivity index (χ4v) is 2.89. The average Bonchev–Trinajstić information content (AvgIpc) is 2.84. The molecule has 0 aliphatic carbocycles. The molecule has 1 fully saturated rings. The minimum Gasteiger partial charge on any atom is -0.391 e. The molecule has 2 aliphatic heterocycles. The molecule has 1 unspecified atom stereocenters. The lowest BCUT2D eigenvalue weighted by molar-refractivity contribution is -0.132. The van der Waals surface area contributed by atoms with Crippen molar-refractivity contribution in [2.45, 2.75) is 24.9 Å². The fourth-order valence-electron chi connectivity index (χ4n) is 2.89. The summed E-state index contributed by atoms with van der Waals surface area (Å²) in [4.78, 5) is 14.3. The first-order chi connectivity index (χ1) is 8.75. The highest BCUT2D eigenvalue weighted by Gasteiger charge is 2.33. The van der Waals surface area contributed by atoms with Crippen LogP contribution in [0, 0.1) is 0 Å². The largest absolute Gasteiger partial charge is 0.391 e. The second-order valence-electron chi connectivity index (χ2n) is 5.08. The van der Waals surface area contributed by atoms with Crippen LogP contribution in [0.3, 0.4) is 0 Å². The number of carbonyl (C=O) groups is 1. The van der Waals surface area contributed by atoms with Gasteiger partial charge in [-0.25, -0.2) is 0 Å². The molecule has 0 bridgehead atoms. The third-order valence-corrected chi connectivity index (χ3v) is 3.86. The molecule has 0 radical (unpaired) electrons. The number of nitrogens with zero attached hydrogens (tertiary/aromatic N) is 1. The number of hydrogen-bond donors (Lipinski definition) is 2. The van der Waals surface area contributed by atoms with E-state index in [1.165, 1.54) is 0 Å². The van der Waals surface area contributed by atoms with E-state index in [1.54, 1.807) is 4.90 Å². The Bertz CT molecular complexity index is 461. The molecule has 3 rings (SSSR count). The molecule has 2 heterocycles. The molecule has 2 atom stereocenters. The molecule has 2 aliphatic rings. The number of hydrogen-bond acceptors (Lipinski definition) is 3. The van der Waals surface area contributed by atoms with Crippen LogP contribution in [0.5, 0.6) is 0 Å². The summed E-state index contributed by atoms with van der Waals surface area (Å²) in [5.74, 6) is 0.119. The maximum Gasteiger partial charge on any atom is 0.230 e. The van der Waals surface area contributed by atoms with Crippen molar-refractivity contribution in [3.8, 4) is 0 Å². The van der Waals surface area contributed by atoms with E-state index in [9.17, 15) is 9.90 Å². The smallest absolute Gasteiger partial charge is 0.230 e. The van der Waals surface area contributed by atoms with Gasteiger partial charge in [-0.1, -0.05) is 18.2 Å². The topological polar surface area (TPSA) is 52.6 Å². The summed E-state index contributed by atoms with van der Waals surface area (Å²) < 4.78 is 0. The highest BCUT2D eigenvalue weighted by Crippen LogP contribution is 2.33. The summed E-state index contributed by atoms with van der Waals surface area (Å²) in [7, 11) is 0. The van der Waals surface area contributed by atoms with Gasteiger partial charge in [-0.3, -0.25) is 4.79 Å². The quantitative estimate of drug-likeness (QED) is 0.782. The monoisotopic (exact) mass is 246 g/mol. The molecular formula is C14H18N2O2. The van der Waals surface area contributed by atoms with Crippen LogP contribution in [0.2, 0.25) is 0 Å². The molecule has 1 aromatic rings. The molecule has 0 spiro atoms. The Kier molecular flexibility index (Phi) is 2.96. The van der Waals surface area contributed by atoms with Crippen molar-refractivity contribution in [3.63, 3.8) is 0 Å². The van der Waals surface area contributed by atoms with Crippen LogP contribution >= 0.6 is 0 Å². The van der Waals surface area contributed by atoms with Crippen molar-refractivity contribution in [2.24, 2.45) is 0 Å². The van der Waals surface area contributed by atoms with Gasteiger partial charge in [0.15, 0.2) is 0 Å². The first-order valence-electron chi connectivity index (χ1n) is 6.55. The van der Waals surface area contributed by atoms with Crippen LogP contribution in [-0.2, 0) is 4.79 Å². The summed E-state index contributed by atoms with van der Waals surface area (Å²) in [5, 5.41) is 12.9. The van der Waals surface area contributed by atoms with E-state index in [-0.39, 0.29) is 17.9 Å². The molecule has 4 nitrogen and oxygen atoms in total. The molecule has 2 N–H and O–H groups in total. The summed E-state index contributed by atoms with van der Waals surface area (Å²) in [6.07, 6.45) is 1.20. The molecule has 18 heavy (non-hydrogen) atoms. The van der Waals surface area contributed by atoms with Gasteiger partial charge in [0, 0.05) is 25.3 Å². The molecule has 96 valence electrons. The van der Waals surface area contributed by atoms with Crippen molar-refractivity contribution in [1.82, 2.24) is 4.90 Å². The van der Waals surface area contributed by atoms with Gasteiger partial charge in [-0.2, -0.15) is 0 Å². The third-order valence-electron chi connectivity index (χ3n) is 3.86. The highest BCUT2D eigenvalue weighted by molar-refractivity contribution is 5.86. The lowest BCUT2D eigenvalue weighted by atomic mass is 9.90. The number of nitrogens with one attached hydrogen (secondary N) is 1. The van der Waals surface area contributed by atoms with E-state index in [0.717, 1.165) is 24.2 Å². The van der Waals surface area contributed by atoms with E-state index < -0.39 is 0 Å². The first kappa shape index (κ1) is 11.5. The van der Waals surface area contributed by atoms with E-state index >= 15 is 0 Å². The Labute approximate surface area is 107 Å². The van der Waals surface area contributed by atoms with Gasteiger partial charge in [-0.15, -0.1) is 0 Å². The molecule has 1 aromatic carbocycles. The average molecular weight is 246 g/mol. The number of para-hydroxylation sites is 1. The predicted molar refractivity (Wildman–Crippen MR) is 69.5 cm³/mol.